The van der Waals surface area contributed by atoms with Crippen LogP contribution in [0.4, 0.5) is 0 Å². The van der Waals surface area contributed by atoms with Gasteiger partial charge in [0.2, 0.25) is 0 Å². The van der Waals surface area contributed by atoms with E-state index in [1.165, 1.54) is 6.92 Å². The minimum atomic E-state index is -0.0330. The number of ether oxygens (including phenoxy) is 1. The first-order chi connectivity index (χ1) is 8.08. The van der Waals surface area contributed by atoms with E-state index in [1.807, 2.05) is 0 Å². The van der Waals surface area contributed by atoms with Gasteiger partial charge < -0.3 is 4.74 Å². The van der Waals surface area contributed by atoms with Crippen LogP contribution in [0.5, 0.6) is 5.75 Å². The van der Waals surface area contributed by atoms with E-state index in [9.17, 15) is 4.79 Å². The Morgan fingerprint density at radius 1 is 1.53 bits per heavy atom. The van der Waals surface area contributed by atoms with E-state index in [4.69, 9.17) is 16.3 Å². The van der Waals surface area contributed by atoms with Crippen LogP contribution in [-0.2, 0) is 0 Å². The standard InChI is InChI=1S/C13H16BrClO2/c1-3-10(7-14)8-17-13-5-4-11(15)6-12(13)9(2)16/h4-6,10H,3,7-8H2,1-2H3. The van der Waals surface area contributed by atoms with Crippen LogP contribution in [0, 0.1) is 5.92 Å². The molecule has 0 aliphatic rings. The number of halogens is 2. The Morgan fingerprint density at radius 2 is 2.24 bits per heavy atom. The van der Waals surface area contributed by atoms with Crippen LogP contribution >= 0.6 is 27.5 Å². The molecule has 0 aliphatic carbocycles. The average molecular weight is 320 g/mol. The number of hydrogen-bond acceptors (Lipinski definition) is 2. The van der Waals surface area contributed by atoms with Gasteiger partial charge in [-0.3, -0.25) is 4.79 Å². The molecule has 0 N–H and O–H groups in total. The summed E-state index contributed by atoms with van der Waals surface area (Å²) in [5, 5.41) is 1.45. The SMILES string of the molecule is CCC(CBr)COc1ccc(Cl)cc1C(C)=O. The zero-order chi connectivity index (χ0) is 12.8. The summed E-state index contributed by atoms with van der Waals surface area (Å²) in [6.45, 7) is 4.23. The highest BCUT2D eigenvalue weighted by Crippen LogP contribution is 2.24. The van der Waals surface area contributed by atoms with E-state index in [0.717, 1.165) is 11.8 Å². The van der Waals surface area contributed by atoms with Crippen molar-refractivity contribution < 1.29 is 9.53 Å². The molecule has 1 aromatic rings. The molecule has 2 nitrogen and oxygen atoms in total. The average Bonchev–Trinajstić information content (AvgIpc) is 2.31. The van der Waals surface area contributed by atoms with Crippen LogP contribution in [0.1, 0.15) is 30.6 Å². The molecule has 94 valence electrons. The summed E-state index contributed by atoms with van der Waals surface area (Å²) in [6, 6.07) is 5.13. The highest BCUT2D eigenvalue weighted by molar-refractivity contribution is 9.09. The Kier molecular flexibility index (Phi) is 6.00. The van der Waals surface area contributed by atoms with Gasteiger partial charge in [-0.05, 0) is 31.5 Å². The summed E-state index contributed by atoms with van der Waals surface area (Å²) >= 11 is 9.30. The molecule has 1 rings (SSSR count). The lowest BCUT2D eigenvalue weighted by atomic mass is 10.1. The number of carbonyl (C=O) groups is 1. The molecule has 0 spiro atoms. The summed E-state index contributed by atoms with van der Waals surface area (Å²) in [5.74, 6) is 1.03. The zero-order valence-corrected chi connectivity index (χ0v) is 12.3. The fraction of sp³-hybridized carbons (Fsp3) is 0.462. The molecule has 0 radical (unpaired) electrons. The minimum Gasteiger partial charge on any atom is -0.493 e. The second kappa shape index (κ2) is 7.02. The molecule has 17 heavy (non-hydrogen) atoms. The van der Waals surface area contributed by atoms with Crippen LogP contribution in [0.2, 0.25) is 5.02 Å². The van der Waals surface area contributed by atoms with Gasteiger partial charge in [0.1, 0.15) is 5.75 Å². The molecule has 1 aromatic carbocycles. The maximum absolute atomic E-state index is 11.5. The van der Waals surface area contributed by atoms with E-state index in [1.54, 1.807) is 18.2 Å². The van der Waals surface area contributed by atoms with Crippen LogP contribution in [-0.4, -0.2) is 17.7 Å². The van der Waals surface area contributed by atoms with Crippen molar-refractivity contribution in [2.24, 2.45) is 5.92 Å². The van der Waals surface area contributed by atoms with Crippen molar-refractivity contribution in [3.8, 4) is 5.75 Å². The Bertz CT molecular complexity index is 389. The summed E-state index contributed by atoms with van der Waals surface area (Å²) in [4.78, 5) is 11.5. The molecule has 0 saturated carbocycles. The maximum Gasteiger partial charge on any atom is 0.163 e. The van der Waals surface area contributed by atoms with E-state index < -0.39 is 0 Å². The van der Waals surface area contributed by atoms with Gasteiger partial charge in [0, 0.05) is 16.3 Å². The molecule has 0 aromatic heterocycles. The van der Waals surface area contributed by atoms with Crippen LogP contribution in [0.3, 0.4) is 0 Å². The predicted molar refractivity (Wildman–Crippen MR) is 74.5 cm³/mol. The second-order valence-corrected chi connectivity index (χ2v) is 5.02. The normalized spacial score (nSPS) is 12.2. The Balaban J connectivity index is 2.80. The van der Waals surface area contributed by atoms with Crippen molar-refractivity contribution in [2.45, 2.75) is 20.3 Å². The highest BCUT2D eigenvalue weighted by atomic mass is 79.9. The third-order valence-corrected chi connectivity index (χ3v) is 3.74. The van der Waals surface area contributed by atoms with Gasteiger partial charge in [0.15, 0.2) is 5.78 Å². The molecule has 1 atom stereocenters. The Hall–Kier alpha value is -0.540. The van der Waals surface area contributed by atoms with Crippen molar-refractivity contribution in [2.75, 3.05) is 11.9 Å². The topological polar surface area (TPSA) is 26.3 Å². The van der Waals surface area contributed by atoms with Gasteiger partial charge in [-0.1, -0.05) is 34.5 Å². The molecule has 0 aliphatic heterocycles. The first-order valence-electron chi connectivity index (χ1n) is 5.57. The van der Waals surface area contributed by atoms with Crippen LogP contribution in [0.25, 0.3) is 0 Å². The summed E-state index contributed by atoms with van der Waals surface area (Å²) in [7, 11) is 0. The molecule has 1 unspecified atom stereocenters. The van der Waals surface area contributed by atoms with Gasteiger partial charge in [-0.15, -0.1) is 0 Å². The lowest BCUT2D eigenvalue weighted by molar-refractivity contribution is 0.101. The van der Waals surface area contributed by atoms with E-state index in [2.05, 4.69) is 22.9 Å². The van der Waals surface area contributed by atoms with Gasteiger partial charge in [0.05, 0.1) is 12.2 Å². The highest BCUT2D eigenvalue weighted by Gasteiger charge is 2.11. The molecule has 0 bridgehead atoms. The predicted octanol–water partition coefficient (Wildman–Crippen LogP) is 4.34. The fourth-order valence-electron chi connectivity index (χ4n) is 1.38. The smallest absolute Gasteiger partial charge is 0.163 e. The van der Waals surface area contributed by atoms with Gasteiger partial charge >= 0.3 is 0 Å². The summed E-state index contributed by atoms with van der Waals surface area (Å²) in [6.07, 6.45) is 1.04. The number of hydrogen-bond donors (Lipinski definition) is 0. The largest absolute Gasteiger partial charge is 0.493 e. The first kappa shape index (κ1) is 14.5. The minimum absolute atomic E-state index is 0.0330. The van der Waals surface area contributed by atoms with Gasteiger partial charge in [-0.2, -0.15) is 0 Å². The van der Waals surface area contributed by atoms with Crippen molar-refractivity contribution in [1.82, 2.24) is 0 Å². The number of Topliss-reactive ketones (excluding diaryl/α,β-unsaturated/α-hetero) is 1. The number of rotatable bonds is 6. The van der Waals surface area contributed by atoms with Crippen LogP contribution in [0.15, 0.2) is 18.2 Å². The summed E-state index contributed by atoms with van der Waals surface area (Å²) < 4.78 is 5.69. The molecule has 4 heteroatoms. The quantitative estimate of drug-likeness (QED) is 0.576. The molecular formula is C13H16BrClO2. The molecule has 0 saturated heterocycles. The van der Waals surface area contributed by atoms with Crippen LogP contribution < -0.4 is 4.74 Å². The monoisotopic (exact) mass is 318 g/mol. The molecule has 0 heterocycles. The van der Waals surface area contributed by atoms with Crippen molar-refractivity contribution in [3.63, 3.8) is 0 Å². The van der Waals surface area contributed by atoms with Crippen molar-refractivity contribution in [1.29, 1.82) is 0 Å². The number of carbonyl (C=O) groups excluding carboxylic acids is 1. The third kappa shape index (κ3) is 4.32. The molecule has 0 fully saturated rings. The van der Waals surface area contributed by atoms with E-state index in [0.29, 0.717) is 28.9 Å². The lowest BCUT2D eigenvalue weighted by Gasteiger charge is -2.15. The summed E-state index contributed by atoms with van der Waals surface area (Å²) in [5.41, 5.74) is 0.543. The Morgan fingerprint density at radius 3 is 2.76 bits per heavy atom. The Labute approximate surface area is 115 Å². The van der Waals surface area contributed by atoms with Crippen molar-refractivity contribution >= 4 is 33.3 Å². The van der Waals surface area contributed by atoms with E-state index in [-0.39, 0.29) is 5.78 Å². The maximum atomic E-state index is 11.5. The van der Waals surface area contributed by atoms with Gasteiger partial charge in [-0.25, -0.2) is 0 Å². The molecule has 0 amide bonds. The lowest BCUT2D eigenvalue weighted by Crippen LogP contribution is -2.13. The number of alkyl halides is 1. The zero-order valence-electron chi connectivity index (χ0n) is 10.0. The van der Waals surface area contributed by atoms with E-state index >= 15 is 0 Å². The van der Waals surface area contributed by atoms with Crippen molar-refractivity contribution in [3.05, 3.63) is 28.8 Å². The molecular weight excluding hydrogens is 303 g/mol. The first-order valence-corrected chi connectivity index (χ1v) is 7.07. The number of ketones is 1. The third-order valence-electron chi connectivity index (χ3n) is 2.59. The van der Waals surface area contributed by atoms with Gasteiger partial charge in [0.25, 0.3) is 0 Å². The second-order valence-electron chi connectivity index (χ2n) is 3.94. The fourth-order valence-corrected chi connectivity index (χ4v) is 2.20. The number of benzene rings is 1.